The first-order valence-corrected chi connectivity index (χ1v) is 7.12. The summed E-state index contributed by atoms with van der Waals surface area (Å²) in [7, 11) is 1.69. The fourth-order valence-electron chi connectivity index (χ4n) is 2.92. The summed E-state index contributed by atoms with van der Waals surface area (Å²) in [6.45, 7) is 4.10. The third-order valence-corrected chi connectivity index (χ3v) is 4.22. The molecule has 1 aromatic carbocycles. The van der Waals surface area contributed by atoms with E-state index in [9.17, 15) is 0 Å². The molecule has 0 spiro atoms. The Kier molecular flexibility index (Phi) is 3.49. The van der Waals surface area contributed by atoms with E-state index in [2.05, 4.69) is 28.9 Å². The van der Waals surface area contributed by atoms with Crippen molar-refractivity contribution < 1.29 is 4.74 Å². The standard InChI is InChI=1S/C16H21N3O/c1-11(17)13-6-8-19(10-13)16-15-9-14(20-2)4-3-12(15)5-7-18-16/h3-5,7,9,11,13H,6,8,10,17H2,1-2H3. The van der Waals surface area contributed by atoms with E-state index in [1.54, 1.807) is 7.11 Å². The lowest BCUT2D eigenvalue weighted by Crippen LogP contribution is -2.30. The molecule has 2 N–H and O–H groups in total. The number of nitrogens with two attached hydrogens (primary N) is 1. The van der Waals surface area contributed by atoms with Crippen LogP contribution in [0.25, 0.3) is 10.8 Å². The summed E-state index contributed by atoms with van der Waals surface area (Å²) >= 11 is 0. The number of aromatic nitrogens is 1. The second kappa shape index (κ2) is 5.29. The van der Waals surface area contributed by atoms with E-state index in [1.165, 1.54) is 5.39 Å². The summed E-state index contributed by atoms with van der Waals surface area (Å²) in [6.07, 6.45) is 3.02. The zero-order valence-corrected chi connectivity index (χ0v) is 12.0. The lowest BCUT2D eigenvalue weighted by molar-refractivity contribution is 0.415. The van der Waals surface area contributed by atoms with Crippen molar-refractivity contribution in [2.75, 3.05) is 25.1 Å². The van der Waals surface area contributed by atoms with Crippen molar-refractivity contribution in [3.05, 3.63) is 30.5 Å². The van der Waals surface area contributed by atoms with Gasteiger partial charge in [0.1, 0.15) is 11.6 Å². The third kappa shape index (κ3) is 2.31. The fourth-order valence-corrected chi connectivity index (χ4v) is 2.92. The highest BCUT2D eigenvalue weighted by Crippen LogP contribution is 2.31. The molecule has 0 amide bonds. The molecule has 2 aromatic rings. The maximum atomic E-state index is 6.03. The molecule has 20 heavy (non-hydrogen) atoms. The van der Waals surface area contributed by atoms with Gasteiger partial charge in [0, 0.05) is 30.7 Å². The molecule has 1 aliphatic rings. The van der Waals surface area contributed by atoms with E-state index in [4.69, 9.17) is 10.5 Å². The quantitative estimate of drug-likeness (QED) is 0.931. The molecule has 4 nitrogen and oxygen atoms in total. The first-order valence-electron chi connectivity index (χ1n) is 7.12. The summed E-state index contributed by atoms with van der Waals surface area (Å²) < 4.78 is 5.33. The summed E-state index contributed by atoms with van der Waals surface area (Å²) in [6, 6.07) is 8.41. The van der Waals surface area contributed by atoms with Crippen LogP contribution in [0.15, 0.2) is 30.5 Å². The number of benzene rings is 1. The van der Waals surface area contributed by atoms with Crippen molar-refractivity contribution in [2.45, 2.75) is 19.4 Å². The Morgan fingerprint density at radius 1 is 1.40 bits per heavy atom. The van der Waals surface area contributed by atoms with Gasteiger partial charge in [0.15, 0.2) is 0 Å². The molecule has 0 bridgehead atoms. The van der Waals surface area contributed by atoms with Gasteiger partial charge in [-0.15, -0.1) is 0 Å². The molecule has 1 saturated heterocycles. The molecule has 2 unspecified atom stereocenters. The van der Waals surface area contributed by atoms with Crippen LogP contribution in [0.1, 0.15) is 13.3 Å². The summed E-state index contributed by atoms with van der Waals surface area (Å²) in [5.74, 6) is 2.47. The Hall–Kier alpha value is -1.81. The minimum Gasteiger partial charge on any atom is -0.497 e. The second-order valence-corrected chi connectivity index (χ2v) is 5.58. The first kappa shape index (κ1) is 13.2. The molecule has 0 radical (unpaired) electrons. The normalized spacial score (nSPS) is 20.4. The second-order valence-electron chi connectivity index (χ2n) is 5.58. The number of fused-ring (bicyclic) bond motifs is 1. The van der Waals surface area contributed by atoms with E-state index in [0.29, 0.717) is 5.92 Å². The molecule has 106 valence electrons. The van der Waals surface area contributed by atoms with Gasteiger partial charge in [-0.05, 0) is 42.8 Å². The minimum absolute atomic E-state index is 0.240. The number of ether oxygens (including phenoxy) is 1. The lowest BCUT2D eigenvalue weighted by atomic mass is 10.0. The zero-order chi connectivity index (χ0) is 14.1. The maximum absolute atomic E-state index is 6.03. The van der Waals surface area contributed by atoms with Gasteiger partial charge in [-0.25, -0.2) is 4.98 Å². The molecule has 1 aliphatic heterocycles. The number of pyridine rings is 1. The molecule has 2 heterocycles. The Morgan fingerprint density at radius 3 is 2.95 bits per heavy atom. The predicted octanol–water partition coefficient (Wildman–Crippen LogP) is 2.42. The maximum Gasteiger partial charge on any atom is 0.136 e. The summed E-state index contributed by atoms with van der Waals surface area (Å²) in [5, 5.41) is 2.34. The monoisotopic (exact) mass is 271 g/mol. The Labute approximate surface area is 119 Å². The molecule has 4 heteroatoms. The van der Waals surface area contributed by atoms with Crippen molar-refractivity contribution >= 4 is 16.6 Å². The molecule has 0 saturated carbocycles. The number of methoxy groups -OCH3 is 1. The van der Waals surface area contributed by atoms with Crippen LogP contribution < -0.4 is 15.4 Å². The number of nitrogens with zero attached hydrogens (tertiary/aromatic N) is 2. The largest absolute Gasteiger partial charge is 0.497 e. The van der Waals surface area contributed by atoms with Crippen LogP contribution in [-0.2, 0) is 0 Å². The SMILES string of the molecule is COc1ccc2ccnc(N3CCC(C(C)N)C3)c2c1. The Morgan fingerprint density at radius 2 is 2.25 bits per heavy atom. The van der Waals surface area contributed by atoms with Crippen LogP contribution in [0.2, 0.25) is 0 Å². The molecule has 0 aliphatic carbocycles. The highest BCUT2D eigenvalue weighted by Gasteiger charge is 2.26. The first-order chi connectivity index (χ1) is 9.69. The topological polar surface area (TPSA) is 51.4 Å². The molecule has 2 atom stereocenters. The number of hydrogen-bond acceptors (Lipinski definition) is 4. The van der Waals surface area contributed by atoms with Crippen LogP contribution in [0.3, 0.4) is 0 Å². The van der Waals surface area contributed by atoms with Gasteiger partial charge in [-0.1, -0.05) is 6.07 Å². The molecular weight excluding hydrogens is 250 g/mol. The van der Waals surface area contributed by atoms with Gasteiger partial charge in [-0.2, -0.15) is 0 Å². The lowest BCUT2D eigenvalue weighted by Gasteiger charge is -2.20. The van der Waals surface area contributed by atoms with Crippen LogP contribution >= 0.6 is 0 Å². The number of anilines is 1. The van der Waals surface area contributed by atoms with Crippen molar-refractivity contribution in [3.8, 4) is 5.75 Å². The highest BCUT2D eigenvalue weighted by molar-refractivity contribution is 5.93. The smallest absolute Gasteiger partial charge is 0.136 e. The zero-order valence-electron chi connectivity index (χ0n) is 12.0. The number of rotatable bonds is 3. The van der Waals surface area contributed by atoms with Crippen molar-refractivity contribution in [1.82, 2.24) is 4.98 Å². The molecule has 3 rings (SSSR count). The molecule has 1 fully saturated rings. The van der Waals surface area contributed by atoms with Gasteiger partial charge in [0.2, 0.25) is 0 Å². The van der Waals surface area contributed by atoms with Gasteiger partial charge in [-0.3, -0.25) is 0 Å². The van der Waals surface area contributed by atoms with Crippen LogP contribution in [-0.4, -0.2) is 31.2 Å². The van der Waals surface area contributed by atoms with Gasteiger partial charge < -0.3 is 15.4 Å². The van der Waals surface area contributed by atoms with Crippen molar-refractivity contribution in [3.63, 3.8) is 0 Å². The van der Waals surface area contributed by atoms with Crippen LogP contribution in [0.4, 0.5) is 5.82 Å². The van der Waals surface area contributed by atoms with Gasteiger partial charge >= 0.3 is 0 Å². The average Bonchev–Trinajstić information content (AvgIpc) is 2.96. The summed E-state index contributed by atoms with van der Waals surface area (Å²) in [4.78, 5) is 6.93. The van der Waals surface area contributed by atoms with Gasteiger partial charge in [0.05, 0.1) is 7.11 Å². The van der Waals surface area contributed by atoms with Crippen molar-refractivity contribution in [2.24, 2.45) is 11.7 Å². The number of hydrogen-bond donors (Lipinski definition) is 1. The van der Waals surface area contributed by atoms with E-state index in [-0.39, 0.29) is 6.04 Å². The third-order valence-electron chi connectivity index (χ3n) is 4.22. The van der Waals surface area contributed by atoms with E-state index in [1.807, 2.05) is 18.3 Å². The predicted molar refractivity (Wildman–Crippen MR) is 82.3 cm³/mol. The molecular formula is C16H21N3O. The van der Waals surface area contributed by atoms with E-state index < -0.39 is 0 Å². The Balaban J connectivity index is 1.99. The van der Waals surface area contributed by atoms with Crippen LogP contribution in [0, 0.1) is 5.92 Å². The van der Waals surface area contributed by atoms with E-state index in [0.717, 1.165) is 36.5 Å². The van der Waals surface area contributed by atoms with Gasteiger partial charge in [0.25, 0.3) is 0 Å². The average molecular weight is 271 g/mol. The van der Waals surface area contributed by atoms with Crippen LogP contribution in [0.5, 0.6) is 5.75 Å². The van der Waals surface area contributed by atoms with E-state index >= 15 is 0 Å². The fraction of sp³-hybridized carbons (Fsp3) is 0.438. The minimum atomic E-state index is 0.240. The molecule has 1 aromatic heterocycles. The highest BCUT2D eigenvalue weighted by atomic mass is 16.5. The Bertz CT molecular complexity index is 612. The van der Waals surface area contributed by atoms with Crippen molar-refractivity contribution in [1.29, 1.82) is 0 Å². The summed E-state index contributed by atoms with van der Waals surface area (Å²) in [5.41, 5.74) is 6.03.